The smallest absolute Gasteiger partial charge is 0.289 e. The number of nitro groups is 1. The maximum Gasteiger partial charge on any atom is 0.289 e. The summed E-state index contributed by atoms with van der Waals surface area (Å²) in [5.74, 6) is -4.31. The van der Waals surface area contributed by atoms with Crippen LogP contribution in [0.25, 0.3) is 0 Å². The molecule has 5 amide bonds. The molecule has 67 heavy (non-hydrogen) atoms. The molecule has 0 unspecified atom stereocenters. The number of ketones is 1. The number of sulfonamides is 1. The van der Waals surface area contributed by atoms with Crippen LogP contribution in [0.1, 0.15) is 110 Å². The van der Waals surface area contributed by atoms with Crippen LogP contribution in [0.15, 0.2) is 94.8 Å². The first-order valence-corrected chi connectivity index (χ1v) is 24.4. The molecule has 0 bridgehead atoms. The molecule has 3 aromatic carbocycles. The van der Waals surface area contributed by atoms with Crippen LogP contribution >= 0.6 is 0 Å². The molecule has 0 radical (unpaired) electrons. The fourth-order valence-electron chi connectivity index (χ4n) is 8.52. The maximum atomic E-state index is 14.2. The van der Waals surface area contributed by atoms with Gasteiger partial charge in [0.05, 0.1) is 16.0 Å². The lowest BCUT2D eigenvalue weighted by atomic mass is 9.85. The molecule has 360 valence electrons. The van der Waals surface area contributed by atoms with Gasteiger partial charge in [0.2, 0.25) is 27.6 Å². The number of amides is 5. The highest BCUT2D eigenvalue weighted by Gasteiger charge is 2.36. The first-order chi connectivity index (χ1) is 32.2. The Morgan fingerprint density at radius 3 is 1.97 bits per heavy atom. The molecule has 1 fully saturated rings. The number of carbonyl (C=O) groups is 6. The summed E-state index contributed by atoms with van der Waals surface area (Å²) in [6.45, 7) is -0.110. The molecule has 1 aliphatic carbocycles. The molecule has 19 nitrogen and oxygen atoms in total. The SMILES string of the molecule is NC(=NCCC[C@H](NC(=O)[C@H](CCCCCCCCN1C(=O)c2ccccc2C1=O)C1CCCC1)C(=O)N[C@@H](Cc1ccccc1)C(=O)C(=O)NCCNS(=O)(=O)c1ccccc1)N[N+](=O)[O-]. The number of rotatable bonds is 28. The Morgan fingerprint density at radius 2 is 1.33 bits per heavy atom. The lowest BCUT2D eigenvalue weighted by Gasteiger charge is -2.27. The number of benzene rings is 3. The van der Waals surface area contributed by atoms with E-state index in [-0.39, 0.29) is 67.4 Å². The molecule has 3 aromatic rings. The maximum absolute atomic E-state index is 14.2. The van der Waals surface area contributed by atoms with Crippen LogP contribution in [0.4, 0.5) is 0 Å². The van der Waals surface area contributed by atoms with Crippen molar-refractivity contribution in [3.63, 3.8) is 0 Å². The van der Waals surface area contributed by atoms with Gasteiger partial charge in [-0.3, -0.25) is 33.7 Å². The van der Waals surface area contributed by atoms with Crippen LogP contribution in [0.5, 0.6) is 0 Å². The normalized spacial score (nSPS) is 15.3. The Hall–Kier alpha value is -6.54. The van der Waals surface area contributed by atoms with Crippen molar-refractivity contribution in [3.05, 3.63) is 112 Å². The van der Waals surface area contributed by atoms with Crippen molar-refractivity contribution in [3.8, 4) is 0 Å². The zero-order valence-corrected chi connectivity index (χ0v) is 38.3. The van der Waals surface area contributed by atoms with Gasteiger partial charge in [-0.05, 0) is 74.3 Å². The van der Waals surface area contributed by atoms with E-state index >= 15 is 0 Å². The molecule has 3 atom stereocenters. The zero-order chi connectivity index (χ0) is 48.2. The van der Waals surface area contributed by atoms with E-state index in [1.54, 1.807) is 78.2 Å². The molecule has 20 heteroatoms. The third kappa shape index (κ3) is 15.8. The second-order valence-electron chi connectivity index (χ2n) is 16.8. The average Bonchev–Trinajstić information content (AvgIpc) is 3.94. The first kappa shape index (κ1) is 51.4. The largest absolute Gasteiger partial charge is 0.365 e. The zero-order valence-electron chi connectivity index (χ0n) is 37.5. The standard InChI is InChI=1S/C47H61N9O10S/c48-47(54-56(63)64)50-28-17-27-39(43(59)53-40(32-33-18-7-5-8-19-33)41(57)44(60)49-29-30-51-67(65,66)35-22-9-6-10-23-35)52-42(58)36(34-20-12-13-21-34)24-11-3-1-2-4-16-31-55-45(61)37-25-14-15-26-38(37)46(55)62/h5-10,14-15,18-19,22-23,25-26,34,36,39-40,51H,1-4,11-13,16-17,20-21,24,27-32H2,(H,49,60)(H,52,58)(H,53,59)(H3,48,50,54)/t36-,39+,40+/m1/s1. The van der Waals surface area contributed by atoms with Gasteiger partial charge in [0.25, 0.3) is 23.7 Å². The minimum atomic E-state index is -3.87. The molecule has 2 aliphatic rings. The third-order valence-corrected chi connectivity index (χ3v) is 13.5. The molecule has 0 spiro atoms. The number of fused-ring (bicyclic) bond motifs is 1. The summed E-state index contributed by atoms with van der Waals surface area (Å²) in [7, 11) is -3.87. The number of nitrogens with one attached hydrogen (secondary N) is 5. The topological polar surface area (TPSA) is 281 Å². The number of nitrogens with two attached hydrogens (primary N) is 1. The molecule has 1 aliphatic heterocycles. The van der Waals surface area contributed by atoms with Crippen molar-refractivity contribution < 1.29 is 42.2 Å². The van der Waals surface area contributed by atoms with Gasteiger partial charge in [0.15, 0.2) is 5.03 Å². The number of carbonyl (C=O) groups excluding carboxylic acids is 6. The molecular formula is C47H61N9O10S. The Bertz CT molecular complexity index is 2290. The van der Waals surface area contributed by atoms with Gasteiger partial charge in [-0.15, -0.1) is 0 Å². The van der Waals surface area contributed by atoms with E-state index in [1.807, 2.05) is 0 Å². The van der Waals surface area contributed by atoms with E-state index in [1.165, 1.54) is 17.0 Å². The van der Waals surface area contributed by atoms with Gasteiger partial charge in [0, 0.05) is 38.5 Å². The minimum absolute atomic E-state index is 0.0188. The highest BCUT2D eigenvalue weighted by molar-refractivity contribution is 7.89. The van der Waals surface area contributed by atoms with Crippen LogP contribution in [0.2, 0.25) is 0 Å². The summed E-state index contributed by atoms with van der Waals surface area (Å²) in [5.41, 5.74) is 8.86. The predicted molar refractivity (Wildman–Crippen MR) is 249 cm³/mol. The number of Topliss-reactive ketones (excluding diaryl/α,β-unsaturated/α-hetero) is 1. The van der Waals surface area contributed by atoms with Crippen molar-refractivity contribution in [1.82, 2.24) is 31.0 Å². The van der Waals surface area contributed by atoms with Crippen molar-refractivity contribution in [2.24, 2.45) is 22.6 Å². The van der Waals surface area contributed by atoms with E-state index < -0.39 is 56.6 Å². The van der Waals surface area contributed by atoms with Crippen molar-refractivity contribution in [2.75, 3.05) is 26.2 Å². The predicted octanol–water partition coefficient (Wildman–Crippen LogP) is 3.57. The van der Waals surface area contributed by atoms with Gasteiger partial charge in [-0.25, -0.2) is 28.2 Å². The van der Waals surface area contributed by atoms with Crippen LogP contribution in [0.3, 0.4) is 0 Å². The number of hydrazine groups is 1. The summed E-state index contributed by atoms with van der Waals surface area (Å²) in [4.78, 5) is 96.9. The van der Waals surface area contributed by atoms with Crippen molar-refractivity contribution in [2.45, 2.75) is 107 Å². The molecule has 0 saturated heterocycles. The Labute approximate surface area is 390 Å². The summed E-state index contributed by atoms with van der Waals surface area (Å²) in [5, 5.41) is 18.0. The molecule has 1 heterocycles. The first-order valence-electron chi connectivity index (χ1n) is 22.9. The van der Waals surface area contributed by atoms with Crippen LogP contribution in [-0.4, -0.2) is 97.9 Å². The number of nitrogens with zero attached hydrogens (tertiary/aromatic N) is 3. The fourth-order valence-corrected chi connectivity index (χ4v) is 9.57. The lowest BCUT2D eigenvalue weighted by molar-refractivity contribution is -0.525. The van der Waals surface area contributed by atoms with E-state index in [4.69, 9.17) is 5.73 Å². The van der Waals surface area contributed by atoms with E-state index in [0.717, 1.165) is 57.8 Å². The average molecular weight is 944 g/mol. The number of hydrogen-bond acceptors (Lipinski definition) is 11. The fraction of sp³-hybridized carbons (Fsp3) is 0.468. The lowest BCUT2D eigenvalue weighted by Crippen LogP contribution is -2.55. The van der Waals surface area contributed by atoms with E-state index in [2.05, 4.69) is 25.7 Å². The highest BCUT2D eigenvalue weighted by atomic mass is 32.2. The second-order valence-corrected chi connectivity index (χ2v) is 18.6. The summed E-state index contributed by atoms with van der Waals surface area (Å²) in [6.07, 6.45) is 9.31. The van der Waals surface area contributed by atoms with E-state index in [9.17, 15) is 47.3 Å². The Morgan fingerprint density at radius 1 is 0.746 bits per heavy atom. The number of unbranched alkanes of at least 4 members (excludes halogenated alkanes) is 5. The molecule has 1 saturated carbocycles. The van der Waals surface area contributed by atoms with Crippen LogP contribution in [-0.2, 0) is 35.6 Å². The van der Waals surface area contributed by atoms with Gasteiger partial charge in [0.1, 0.15) is 12.1 Å². The van der Waals surface area contributed by atoms with Crippen molar-refractivity contribution in [1.29, 1.82) is 0 Å². The van der Waals surface area contributed by atoms with Crippen LogP contribution in [0, 0.1) is 22.0 Å². The van der Waals surface area contributed by atoms with Crippen molar-refractivity contribution >= 4 is 51.3 Å². The summed E-state index contributed by atoms with van der Waals surface area (Å²) >= 11 is 0. The van der Waals surface area contributed by atoms with Crippen LogP contribution < -0.4 is 31.8 Å². The van der Waals surface area contributed by atoms with Gasteiger partial charge >= 0.3 is 0 Å². The third-order valence-electron chi connectivity index (χ3n) is 12.0. The number of imide groups is 1. The summed E-state index contributed by atoms with van der Waals surface area (Å²) in [6, 6.07) is 20.6. The number of aliphatic imine (C=N–C) groups is 1. The van der Waals surface area contributed by atoms with Gasteiger partial charge < -0.3 is 21.7 Å². The molecule has 5 rings (SSSR count). The monoisotopic (exact) mass is 943 g/mol. The van der Waals surface area contributed by atoms with Gasteiger partial charge in [-0.2, -0.15) is 0 Å². The number of hydrogen-bond donors (Lipinski definition) is 6. The Kier molecular flexibility index (Phi) is 19.9. The number of guanidine groups is 1. The van der Waals surface area contributed by atoms with E-state index in [0.29, 0.717) is 36.1 Å². The molecule has 0 aromatic heterocycles. The highest BCUT2D eigenvalue weighted by Crippen LogP contribution is 2.35. The Balaban J connectivity index is 1.19. The minimum Gasteiger partial charge on any atom is -0.365 e. The quantitative estimate of drug-likeness (QED) is 0.0116. The molecular weight excluding hydrogens is 883 g/mol. The summed E-state index contributed by atoms with van der Waals surface area (Å²) < 4.78 is 27.6. The van der Waals surface area contributed by atoms with Gasteiger partial charge in [-0.1, -0.05) is 111 Å². The molecule has 7 N–H and O–H groups in total. The second kappa shape index (κ2) is 26.0.